The van der Waals surface area contributed by atoms with E-state index in [1.807, 2.05) is 0 Å². The van der Waals surface area contributed by atoms with Crippen molar-refractivity contribution < 1.29 is 22.3 Å². The number of carbonyl (C=O) groups is 1. The number of benzene rings is 2. The van der Waals surface area contributed by atoms with Crippen molar-refractivity contribution in [2.75, 3.05) is 13.7 Å². The van der Waals surface area contributed by atoms with Gasteiger partial charge in [-0.15, -0.1) is 11.3 Å². The number of hydrogen-bond acceptors (Lipinski definition) is 5. The Morgan fingerprint density at radius 1 is 1.11 bits per heavy atom. The first-order chi connectivity index (χ1) is 13.4. The molecule has 1 heterocycles. The maximum atomic E-state index is 13.2. The van der Waals surface area contributed by atoms with Crippen LogP contribution in [0.15, 0.2) is 70.9 Å². The molecule has 0 aliphatic rings. The van der Waals surface area contributed by atoms with Crippen molar-refractivity contribution >= 4 is 27.1 Å². The fourth-order valence-corrected chi connectivity index (χ4v) is 5.44. The number of carbonyl (C=O) groups excluding carboxylic acids is 1. The second-order valence-corrected chi connectivity index (χ2v) is 9.05. The second-order valence-electron chi connectivity index (χ2n) is 5.94. The molecule has 1 atom stereocenters. The van der Waals surface area contributed by atoms with Gasteiger partial charge in [-0.1, -0.05) is 6.07 Å². The van der Waals surface area contributed by atoms with Crippen molar-refractivity contribution in [1.82, 2.24) is 5.32 Å². The van der Waals surface area contributed by atoms with E-state index in [0.29, 0.717) is 16.2 Å². The Morgan fingerprint density at radius 3 is 2.36 bits per heavy atom. The summed E-state index contributed by atoms with van der Waals surface area (Å²) in [5.74, 6) is -0.287. The summed E-state index contributed by atoms with van der Waals surface area (Å²) in [5.41, 5.74) is 0.393. The topological polar surface area (TPSA) is 72.5 Å². The molecule has 0 saturated carbocycles. The lowest BCUT2D eigenvalue weighted by atomic mass is 10.2. The molecule has 5 nitrogen and oxygen atoms in total. The van der Waals surface area contributed by atoms with E-state index in [1.54, 1.807) is 41.8 Å². The highest BCUT2D eigenvalue weighted by Crippen LogP contribution is 2.31. The van der Waals surface area contributed by atoms with Gasteiger partial charge in [-0.05, 0) is 60.0 Å². The van der Waals surface area contributed by atoms with Crippen molar-refractivity contribution in [2.24, 2.45) is 0 Å². The molecule has 3 aromatic rings. The van der Waals surface area contributed by atoms with Gasteiger partial charge in [0.2, 0.25) is 0 Å². The monoisotopic (exact) mass is 419 g/mol. The zero-order valence-corrected chi connectivity index (χ0v) is 16.6. The van der Waals surface area contributed by atoms with Crippen molar-refractivity contribution in [3.05, 3.63) is 82.3 Å². The number of methoxy groups -OCH3 is 1. The van der Waals surface area contributed by atoms with E-state index in [9.17, 15) is 17.6 Å². The molecule has 0 aliphatic carbocycles. The van der Waals surface area contributed by atoms with E-state index in [0.717, 1.165) is 12.1 Å². The standard InChI is InChI=1S/C20H18FNO4S2/c1-26-16-8-4-14(5-9-16)20(23)22-13-19(18-3-2-12-27-18)28(24,25)17-10-6-15(21)7-11-17/h2-12,19H,13H2,1H3,(H,22,23)/t19-/m0/s1. The van der Waals surface area contributed by atoms with E-state index in [4.69, 9.17) is 4.74 Å². The third-order valence-electron chi connectivity index (χ3n) is 4.18. The number of rotatable bonds is 7. The predicted molar refractivity (Wildman–Crippen MR) is 106 cm³/mol. The molecule has 2 aromatic carbocycles. The summed E-state index contributed by atoms with van der Waals surface area (Å²) < 4.78 is 44.4. The zero-order valence-electron chi connectivity index (χ0n) is 15.0. The minimum absolute atomic E-state index is 0.00555. The number of amides is 1. The molecule has 1 aromatic heterocycles. The van der Waals surface area contributed by atoms with Crippen LogP contribution < -0.4 is 10.1 Å². The van der Waals surface area contributed by atoms with E-state index < -0.39 is 26.8 Å². The van der Waals surface area contributed by atoms with Gasteiger partial charge in [0.15, 0.2) is 9.84 Å². The predicted octanol–water partition coefficient (Wildman–Crippen LogP) is 3.84. The molecule has 1 N–H and O–H groups in total. The van der Waals surface area contributed by atoms with Gasteiger partial charge in [-0.25, -0.2) is 12.8 Å². The van der Waals surface area contributed by atoms with Crippen LogP contribution in [0.4, 0.5) is 4.39 Å². The lowest BCUT2D eigenvalue weighted by Gasteiger charge is -2.17. The summed E-state index contributed by atoms with van der Waals surface area (Å²) in [6.45, 7) is -0.106. The molecule has 3 rings (SSSR count). The average molecular weight is 419 g/mol. The van der Waals surface area contributed by atoms with Gasteiger partial charge >= 0.3 is 0 Å². The Hall–Kier alpha value is -2.71. The highest BCUT2D eigenvalue weighted by Gasteiger charge is 2.30. The first-order valence-corrected chi connectivity index (χ1v) is 10.8. The molecule has 0 radical (unpaired) electrons. The van der Waals surface area contributed by atoms with Crippen molar-refractivity contribution in [3.8, 4) is 5.75 Å². The number of hydrogen-bond donors (Lipinski definition) is 1. The molecule has 28 heavy (non-hydrogen) atoms. The molecular formula is C20H18FNO4S2. The number of halogens is 1. The first kappa shape index (κ1) is 20.0. The number of thiophene rings is 1. The largest absolute Gasteiger partial charge is 0.497 e. The third kappa shape index (κ3) is 4.40. The lowest BCUT2D eigenvalue weighted by Crippen LogP contribution is -2.31. The fraction of sp³-hybridized carbons (Fsp3) is 0.150. The Balaban J connectivity index is 1.83. The first-order valence-electron chi connectivity index (χ1n) is 8.37. The van der Waals surface area contributed by atoms with Gasteiger partial charge in [-0.3, -0.25) is 4.79 Å². The van der Waals surface area contributed by atoms with Gasteiger partial charge in [0.1, 0.15) is 16.8 Å². The number of sulfone groups is 1. The molecule has 146 valence electrons. The number of ether oxygens (including phenoxy) is 1. The van der Waals surface area contributed by atoms with Crippen LogP contribution in [-0.2, 0) is 9.84 Å². The van der Waals surface area contributed by atoms with Crippen LogP contribution >= 0.6 is 11.3 Å². The smallest absolute Gasteiger partial charge is 0.251 e. The Bertz CT molecular complexity index is 1030. The minimum Gasteiger partial charge on any atom is -0.497 e. The van der Waals surface area contributed by atoms with E-state index in [2.05, 4.69) is 5.32 Å². The Labute approximate surface area is 166 Å². The highest BCUT2D eigenvalue weighted by molar-refractivity contribution is 7.91. The van der Waals surface area contributed by atoms with Crippen molar-refractivity contribution in [1.29, 1.82) is 0 Å². The quantitative estimate of drug-likeness (QED) is 0.591. The van der Waals surface area contributed by atoms with Crippen LogP contribution in [0.2, 0.25) is 0 Å². The van der Waals surface area contributed by atoms with Gasteiger partial charge in [0, 0.05) is 17.0 Å². The van der Waals surface area contributed by atoms with Crippen molar-refractivity contribution in [3.63, 3.8) is 0 Å². The van der Waals surface area contributed by atoms with Gasteiger partial charge in [0.25, 0.3) is 5.91 Å². The molecule has 0 unspecified atom stereocenters. The summed E-state index contributed by atoms with van der Waals surface area (Å²) in [4.78, 5) is 13.0. The summed E-state index contributed by atoms with van der Waals surface area (Å²) in [5, 5.41) is 3.49. The molecule has 1 amide bonds. The van der Waals surface area contributed by atoms with Gasteiger partial charge in [0.05, 0.1) is 12.0 Å². The molecular weight excluding hydrogens is 401 g/mol. The van der Waals surface area contributed by atoms with E-state index >= 15 is 0 Å². The maximum Gasteiger partial charge on any atom is 0.251 e. The second kappa shape index (κ2) is 8.53. The van der Waals surface area contributed by atoms with Crippen LogP contribution in [0.3, 0.4) is 0 Å². The Morgan fingerprint density at radius 2 is 1.79 bits per heavy atom. The molecule has 0 bridgehead atoms. The normalized spacial score (nSPS) is 12.4. The van der Waals surface area contributed by atoms with Crippen LogP contribution in [0, 0.1) is 5.82 Å². The highest BCUT2D eigenvalue weighted by atomic mass is 32.2. The summed E-state index contributed by atoms with van der Waals surface area (Å²) in [6.07, 6.45) is 0. The van der Waals surface area contributed by atoms with Gasteiger partial charge in [-0.2, -0.15) is 0 Å². The van der Waals surface area contributed by atoms with Crippen LogP contribution in [-0.4, -0.2) is 28.0 Å². The zero-order chi connectivity index (χ0) is 20.1. The number of nitrogens with one attached hydrogen (secondary N) is 1. The maximum absolute atomic E-state index is 13.2. The molecule has 0 aliphatic heterocycles. The van der Waals surface area contributed by atoms with Crippen LogP contribution in [0.25, 0.3) is 0 Å². The SMILES string of the molecule is COc1ccc(C(=O)NC[C@@H](c2cccs2)S(=O)(=O)c2ccc(F)cc2)cc1. The lowest BCUT2D eigenvalue weighted by molar-refractivity contribution is 0.0953. The Kier molecular flexibility index (Phi) is 6.11. The summed E-state index contributed by atoms with van der Waals surface area (Å²) in [7, 11) is -2.29. The van der Waals surface area contributed by atoms with E-state index in [-0.39, 0.29) is 11.4 Å². The molecule has 0 spiro atoms. The third-order valence-corrected chi connectivity index (χ3v) is 7.41. The van der Waals surface area contributed by atoms with E-state index in [1.165, 1.54) is 30.6 Å². The van der Waals surface area contributed by atoms with Gasteiger partial charge < -0.3 is 10.1 Å². The molecule has 8 heteroatoms. The fourth-order valence-electron chi connectivity index (χ4n) is 2.66. The molecule has 0 saturated heterocycles. The summed E-state index contributed by atoms with van der Waals surface area (Å²) >= 11 is 1.29. The minimum atomic E-state index is -3.82. The van der Waals surface area contributed by atoms with Crippen LogP contribution in [0.5, 0.6) is 5.75 Å². The van der Waals surface area contributed by atoms with Crippen molar-refractivity contribution in [2.45, 2.75) is 10.1 Å². The van der Waals surface area contributed by atoms with Crippen LogP contribution in [0.1, 0.15) is 20.5 Å². The average Bonchev–Trinajstić information content (AvgIpc) is 3.22. The summed E-state index contributed by atoms with van der Waals surface area (Å²) in [6, 6.07) is 14.6. The molecule has 0 fully saturated rings.